The van der Waals surface area contributed by atoms with E-state index in [2.05, 4.69) is 9.88 Å². The zero-order valence-corrected chi connectivity index (χ0v) is 14.3. The van der Waals surface area contributed by atoms with Gasteiger partial charge < -0.3 is 9.80 Å². The van der Waals surface area contributed by atoms with E-state index >= 15 is 0 Å². The largest absolute Gasteiger partial charge is 0.343 e. The van der Waals surface area contributed by atoms with Gasteiger partial charge in [-0.15, -0.1) is 0 Å². The molecule has 2 aliphatic heterocycles. The number of rotatable bonds is 6. The van der Waals surface area contributed by atoms with Gasteiger partial charge in [-0.2, -0.15) is 0 Å². The van der Waals surface area contributed by atoms with Crippen LogP contribution in [0.15, 0.2) is 24.4 Å². The highest BCUT2D eigenvalue weighted by Crippen LogP contribution is 2.22. The van der Waals surface area contributed by atoms with E-state index in [1.807, 2.05) is 23.1 Å². The molecule has 0 bridgehead atoms. The first-order chi connectivity index (χ1) is 11.7. The molecule has 2 aliphatic rings. The number of hydrogen-bond donors (Lipinski definition) is 0. The summed E-state index contributed by atoms with van der Waals surface area (Å²) in [5.41, 5.74) is 0.974. The molecule has 1 aromatic rings. The van der Waals surface area contributed by atoms with Gasteiger partial charge in [-0.3, -0.25) is 14.6 Å². The van der Waals surface area contributed by atoms with Gasteiger partial charge in [0.2, 0.25) is 11.8 Å². The number of carbonyl (C=O) groups excluding carboxylic acids is 2. The Kier molecular flexibility index (Phi) is 5.83. The molecule has 1 aromatic heterocycles. The maximum atomic E-state index is 12.7. The second kappa shape index (κ2) is 8.27. The quantitative estimate of drug-likeness (QED) is 0.805. The number of piperidine rings is 1. The molecule has 5 heteroatoms. The summed E-state index contributed by atoms with van der Waals surface area (Å²) >= 11 is 0. The van der Waals surface area contributed by atoms with E-state index in [1.54, 1.807) is 6.20 Å². The van der Waals surface area contributed by atoms with Gasteiger partial charge in [-0.05, 0) is 50.7 Å². The van der Waals surface area contributed by atoms with E-state index in [4.69, 9.17) is 0 Å². The third kappa shape index (κ3) is 4.34. The Morgan fingerprint density at radius 3 is 2.88 bits per heavy atom. The number of amides is 2. The van der Waals surface area contributed by atoms with E-state index in [9.17, 15) is 9.59 Å². The van der Waals surface area contributed by atoms with Crippen molar-refractivity contribution in [2.45, 2.75) is 57.4 Å². The molecule has 2 fully saturated rings. The molecular weight excluding hydrogens is 302 g/mol. The maximum Gasteiger partial charge on any atom is 0.223 e. The predicted molar refractivity (Wildman–Crippen MR) is 92.3 cm³/mol. The molecule has 0 unspecified atom stereocenters. The fourth-order valence-electron chi connectivity index (χ4n) is 3.80. The number of likely N-dealkylation sites (tertiary alicyclic amines) is 2. The van der Waals surface area contributed by atoms with Gasteiger partial charge in [0.25, 0.3) is 0 Å². The SMILES string of the molecule is O=C1CCCN1CC[C@H]1CCCCN1C(=O)CCc1ccccn1. The molecule has 0 spiro atoms. The van der Waals surface area contributed by atoms with Gasteiger partial charge in [0.05, 0.1) is 0 Å². The molecule has 3 rings (SSSR count). The van der Waals surface area contributed by atoms with Crippen molar-refractivity contribution < 1.29 is 9.59 Å². The van der Waals surface area contributed by atoms with Crippen molar-refractivity contribution in [1.29, 1.82) is 0 Å². The second-order valence-corrected chi connectivity index (χ2v) is 6.83. The standard InChI is InChI=1S/C19H27N3O2/c23-18-8-5-13-21(18)15-11-17-7-2-4-14-22(17)19(24)10-9-16-6-1-3-12-20-16/h1,3,6,12,17H,2,4-5,7-11,13-15H2/t17-/m1/s1. The zero-order chi connectivity index (χ0) is 16.8. The van der Waals surface area contributed by atoms with Gasteiger partial charge in [0, 0.05) is 50.4 Å². The molecular formula is C19H27N3O2. The summed E-state index contributed by atoms with van der Waals surface area (Å²) in [7, 11) is 0. The Bertz CT molecular complexity index is 561. The van der Waals surface area contributed by atoms with Crippen LogP contribution < -0.4 is 0 Å². The summed E-state index contributed by atoms with van der Waals surface area (Å²) in [5, 5.41) is 0. The molecule has 0 saturated carbocycles. The number of hydrogen-bond acceptors (Lipinski definition) is 3. The third-order valence-corrected chi connectivity index (χ3v) is 5.17. The highest BCUT2D eigenvalue weighted by molar-refractivity contribution is 5.78. The molecule has 2 saturated heterocycles. The molecule has 1 atom stereocenters. The monoisotopic (exact) mass is 329 g/mol. The summed E-state index contributed by atoms with van der Waals surface area (Å²) < 4.78 is 0. The van der Waals surface area contributed by atoms with Crippen LogP contribution in [0, 0.1) is 0 Å². The van der Waals surface area contributed by atoms with Gasteiger partial charge in [-0.25, -0.2) is 0 Å². The van der Waals surface area contributed by atoms with Gasteiger partial charge in [0.15, 0.2) is 0 Å². The second-order valence-electron chi connectivity index (χ2n) is 6.83. The number of aromatic nitrogens is 1. The molecule has 0 radical (unpaired) electrons. The van der Waals surface area contributed by atoms with Gasteiger partial charge in [0.1, 0.15) is 0 Å². The van der Waals surface area contributed by atoms with Crippen LogP contribution in [-0.4, -0.2) is 52.3 Å². The predicted octanol–water partition coefficient (Wildman–Crippen LogP) is 2.41. The number of pyridine rings is 1. The average Bonchev–Trinajstić information content (AvgIpc) is 3.04. The smallest absolute Gasteiger partial charge is 0.223 e. The Morgan fingerprint density at radius 1 is 1.21 bits per heavy atom. The number of nitrogens with zero attached hydrogens (tertiary/aromatic N) is 3. The van der Waals surface area contributed by atoms with Crippen molar-refractivity contribution in [3.8, 4) is 0 Å². The van der Waals surface area contributed by atoms with Crippen molar-refractivity contribution in [2.24, 2.45) is 0 Å². The molecule has 3 heterocycles. The lowest BCUT2D eigenvalue weighted by atomic mass is 9.98. The van der Waals surface area contributed by atoms with Crippen molar-refractivity contribution in [2.75, 3.05) is 19.6 Å². The minimum Gasteiger partial charge on any atom is -0.343 e. The minimum atomic E-state index is 0.234. The van der Waals surface area contributed by atoms with Crippen LogP contribution in [-0.2, 0) is 16.0 Å². The van der Waals surface area contributed by atoms with Crippen LogP contribution in [0.1, 0.15) is 50.6 Å². The first-order valence-corrected chi connectivity index (χ1v) is 9.21. The van der Waals surface area contributed by atoms with E-state index in [1.165, 1.54) is 6.42 Å². The van der Waals surface area contributed by atoms with Gasteiger partial charge in [-0.1, -0.05) is 6.07 Å². The Hall–Kier alpha value is -1.91. The minimum absolute atomic E-state index is 0.234. The summed E-state index contributed by atoms with van der Waals surface area (Å²) in [6, 6.07) is 6.12. The van der Waals surface area contributed by atoms with Crippen LogP contribution >= 0.6 is 0 Å². The molecule has 130 valence electrons. The van der Waals surface area contributed by atoms with E-state index in [0.717, 1.165) is 51.0 Å². The fraction of sp³-hybridized carbons (Fsp3) is 0.632. The number of aryl methyl sites for hydroxylation is 1. The summed E-state index contributed by atoms with van der Waals surface area (Å²) in [6.07, 6.45) is 8.93. The van der Waals surface area contributed by atoms with Crippen molar-refractivity contribution in [1.82, 2.24) is 14.8 Å². The Balaban J connectivity index is 1.51. The highest BCUT2D eigenvalue weighted by Gasteiger charge is 2.28. The first-order valence-electron chi connectivity index (χ1n) is 9.21. The number of carbonyl (C=O) groups is 2. The Labute approximate surface area is 144 Å². The Morgan fingerprint density at radius 2 is 2.12 bits per heavy atom. The van der Waals surface area contributed by atoms with E-state index in [-0.39, 0.29) is 11.8 Å². The van der Waals surface area contributed by atoms with Gasteiger partial charge >= 0.3 is 0 Å². The molecule has 24 heavy (non-hydrogen) atoms. The van der Waals surface area contributed by atoms with Crippen LogP contribution in [0.25, 0.3) is 0 Å². The van der Waals surface area contributed by atoms with Crippen LogP contribution in [0.3, 0.4) is 0 Å². The van der Waals surface area contributed by atoms with Crippen molar-refractivity contribution >= 4 is 11.8 Å². The van der Waals surface area contributed by atoms with Crippen LogP contribution in [0.5, 0.6) is 0 Å². The maximum absolute atomic E-state index is 12.7. The van der Waals surface area contributed by atoms with Crippen LogP contribution in [0.4, 0.5) is 0 Å². The normalized spacial score (nSPS) is 21.3. The summed E-state index contributed by atoms with van der Waals surface area (Å²) in [6.45, 7) is 2.55. The fourth-order valence-corrected chi connectivity index (χ4v) is 3.80. The van der Waals surface area contributed by atoms with Crippen LogP contribution in [0.2, 0.25) is 0 Å². The lowest BCUT2D eigenvalue weighted by Gasteiger charge is -2.36. The van der Waals surface area contributed by atoms with E-state index in [0.29, 0.717) is 25.3 Å². The first kappa shape index (κ1) is 16.9. The lowest BCUT2D eigenvalue weighted by Crippen LogP contribution is -2.45. The van der Waals surface area contributed by atoms with Crippen molar-refractivity contribution in [3.63, 3.8) is 0 Å². The molecule has 0 aliphatic carbocycles. The highest BCUT2D eigenvalue weighted by atomic mass is 16.2. The summed E-state index contributed by atoms with van der Waals surface area (Å²) in [5.74, 6) is 0.511. The van der Waals surface area contributed by atoms with Crippen molar-refractivity contribution in [3.05, 3.63) is 30.1 Å². The topological polar surface area (TPSA) is 53.5 Å². The molecule has 0 N–H and O–H groups in total. The lowest BCUT2D eigenvalue weighted by molar-refractivity contribution is -0.135. The molecule has 0 aromatic carbocycles. The molecule has 5 nitrogen and oxygen atoms in total. The average molecular weight is 329 g/mol. The molecule has 2 amide bonds. The zero-order valence-electron chi connectivity index (χ0n) is 14.3. The summed E-state index contributed by atoms with van der Waals surface area (Å²) in [4.78, 5) is 32.7. The van der Waals surface area contributed by atoms with E-state index < -0.39 is 0 Å². The third-order valence-electron chi connectivity index (χ3n) is 5.17.